The Labute approximate surface area is 166 Å². The molecule has 1 heterocycles. The molecule has 3 rings (SSSR count). The van der Waals surface area contributed by atoms with Crippen LogP contribution in [0.2, 0.25) is 10.0 Å². The lowest BCUT2D eigenvalue weighted by molar-refractivity contribution is -0.120. The Morgan fingerprint density at radius 3 is 2.52 bits per heavy atom. The summed E-state index contributed by atoms with van der Waals surface area (Å²) < 4.78 is 11.0. The first-order chi connectivity index (χ1) is 12.9. The van der Waals surface area contributed by atoms with Crippen molar-refractivity contribution in [3.05, 3.63) is 57.6 Å². The van der Waals surface area contributed by atoms with Crippen LogP contribution in [0.3, 0.4) is 0 Å². The molecule has 0 saturated heterocycles. The summed E-state index contributed by atoms with van der Waals surface area (Å²) in [6.45, 7) is 2.72. The van der Waals surface area contributed by atoms with Gasteiger partial charge in [0.2, 0.25) is 5.91 Å². The van der Waals surface area contributed by atoms with Crippen molar-refractivity contribution >= 4 is 35.0 Å². The minimum Gasteiger partial charge on any atom is -0.486 e. The van der Waals surface area contributed by atoms with E-state index in [0.29, 0.717) is 35.3 Å². The van der Waals surface area contributed by atoms with Gasteiger partial charge in [-0.3, -0.25) is 9.59 Å². The lowest BCUT2D eigenvalue weighted by atomic mass is 10.1. The van der Waals surface area contributed by atoms with Crippen LogP contribution in [-0.2, 0) is 4.79 Å². The van der Waals surface area contributed by atoms with Crippen LogP contribution in [0.1, 0.15) is 28.9 Å². The van der Waals surface area contributed by atoms with Gasteiger partial charge in [0.05, 0.1) is 22.6 Å². The molecule has 2 aromatic rings. The predicted octanol–water partition coefficient (Wildman–Crippen LogP) is 3.37. The highest BCUT2D eigenvalue weighted by atomic mass is 35.5. The topological polar surface area (TPSA) is 76.7 Å². The zero-order chi connectivity index (χ0) is 19.4. The molecule has 0 aliphatic carbocycles. The molecule has 1 aliphatic heterocycles. The lowest BCUT2D eigenvalue weighted by Gasteiger charge is -2.21. The maximum atomic E-state index is 12.1. The minimum absolute atomic E-state index is 0.159. The number of amides is 2. The fourth-order valence-corrected chi connectivity index (χ4v) is 2.90. The van der Waals surface area contributed by atoms with Crippen molar-refractivity contribution in [2.24, 2.45) is 0 Å². The molecule has 1 aliphatic rings. The van der Waals surface area contributed by atoms with Gasteiger partial charge in [-0.2, -0.15) is 0 Å². The largest absolute Gasteiger partial charge is 0.486 e. The van der Waals surface area contributed by atoms with Gasteiger partial charge in [0.15, 0.2) is 11.5 Å². The standard InChI is InChI=1S/C19H18Cl2N2O4/c1-11(12-3-5-16-17(9-12)27-7-6-26-16)23-18(24)10-22-19(25)13-2-4-14(20)15(21)8-13/h2-5,8-9,11H,6-7,10H2,1H3,(H,22,25)(H,23,24)/t11-/m1/s1. The summed E-state index contributed by atoms with van der Waals surface area (Å²) in [6.07, 6.45) is 0. The van der Waals surface area contributed by atoms with E-state index in [4.69, 9.17) is 32.7 Å². The molecule has 2 aromatic carbocycles. The van der Waals surface area contributed by atoms with Crippen molar-refractivity contribution in [2.75, 3.05) is 19.8 Å². The van der Waals surface area contributed by atoms with Crippen molar-refractivity contribution in [2.45, 2.75) is 13.0 Å². The second-order valence-electron chi connectivity index (χ2n) is 6.00. The molecule has 2 amide bonds. The normalized spacial score (nSPS) is 13.6. The summed E-state index contributed by atoms with van der Waals surface area (Å²) in [4.78, 5) is 24.2. The van der Waals surface area contributed by atoms with Crippen LogP contribution in [0.4, 0.5) is 0 Å². The van der Waals surface area contributed by atoms with E-state index < -0.39 is 5.91 Å². The van der Waals surface area contributed by atoms with Gasteiger partial charge in [0, 0.05) is 5.56 Å². The number of nitrogens with one attached hydrogen (secondary N) is 2. The number of hydrogen-bond donors (Lipinski definition) is 2. The van der Waals surface area contributed by atoms with Gasteiger partial charge in [0.1, 0.15) is 13.2 Å². The molecule has 142 valence electrons. The van der Waals surface area contributed by atoms with Crippen LogP contribution in [-0.4, -0.2) is 31.6 Å². The average Bonchev–Trinajstić information content (AvgIpc) is 2.67. The van der Waals surface area contributed by atoms with Gasteiger partial charge < -0.3 is 20.1 Å². The van der Waals surface area contributed by atoms with Crippen LogP contribution < -0.4 is 20.1 Å². The summed E-state index contributed by atoms with van der Waals surface area (Å²) in [6, 6.07) is 9.80. The van der Waals surface area contributed by atoms with Crippen LogP contribution >= 0.6 is 23.2 Å². The molecule has 0 fully saturated rings. The third kappa shape index (κ3) is 4.84. The van der Waals surface area contributed by atoms with Gasteiger partial charge >= 0.3 is 0 Å². The molecule has 0 unspecified atom stereocenters. The highest BCUT2D eigenvalue weighted by molar-refractivity contribution is 6.42. The number of halogens is 2. The van der Waals surface area contributed by atoms with Crippen LogP contribution in [0.25, 0.3) is 0 Å². The van der Waals surface area contributed by atoms with E-state index in [2.05, 4.69) is 10.6 Å². The smallest absolute Gasteiger partial charge is 0.251 e. The third-order valence-corrected chi connectivity index (χ3v) is 4.77. The van der Waals surface area contributed by atoms with Crippen LogP contribution in [0.5, 0.6) is 11.5 Å². The first-order valence-corrected chi connectivity index (χ1v) is 9.12. The lowest BCUT2D eigenvalue weighted by Crippen LogP contribution is -2.38. The molecule has 0 spiro atoms. The second kappa shape index (κ2) is 8.50. The Hall–Kier alpha value is -2.44. The van der Waals surface area contributed by atoms with Gasteiger partial charge in [0.25, 0.3) is 5.91 Å². The summed E-state index contributed by atoms with van der Waals surface area (Å²) in [5.74, 6) is 0.631. The average molecular weight is 409 g/mol. The van der Waals surface area contributed by atoms with E-state index in [0.717, 1.165) is 5.56 Å². The van der Waals surface area contributed by atoms with Gasteiger partial charge in [-0.05, 0) is 42.8 Å². The van der Waals surface area contributed by atoms with Gasteiger partial charge in [-0.1, -0.05) is 29.3 Å². The molecule has 6 nitrogen and oxygen atoms in total. The first-order valence-electron chi connectivity index (χ1n) is 8.36. The summed E-state index contributed by atoms with van der Waals surface area (Å²) in [7, 11) is 0. The number of fused-ring (bicyclic) bond motifs is 1. The third-order valence-electron chi connectivity index (χ3n) is 4.04. The highest BCUT2D eigenvalue weighted by Crippen LogP contribution is 2.32. The molecule has 0 bridgehead atoms. The fraction of sp³-hybridized carbons (Fsp3) is 0.263. The number of carbonyl (C=O) groups is 2. The molecule has 0 aromatic heterocycles. The van der Waals surface area contributed by atoms with Crippen molar-refractivity contribution in [3.8, 4) is 11.5 Å². The molecule has 0 saturated carbocycles. The number of hydrogen-bond acceptors (Lipinski definition) is 4. The zero-order valence-electron chi connectivity index (χ0n) is 14.6. The predicted molar refractivity (Wildman–Crippen MR) is 103 cm³/mol. The Morgan fingerprint density at radius 2 is 1.78 bits per heavy atom. The minimum atomic E-state index is -0.407. The van der Waals surface area contributed by atoms with Gasteiger partial charge in [-0.15, -0.1) is 0 Å². The number of rotatable bonds is 5. The number of ether oxygens (including phenoxy) is 2. The molecule has 0 radical (unpaired) electrons. The van der Waals surface area contributed by atoms with Crippen molar-refractivity contribution in [3.63, 3.8) is 0 Å². The van der Waals surface area contributed by atoms with E-state index in [-0.39, 0.29) is 23.5 Å². The fourth-order valence-electron chi connectivity index (χ4n) is 2.61. The monoisotopic (exact) mass is 408 g/mol. The Bertz CT molecular complexity index is 873. The van der Waals surface area contributed by atoms with Crippen molar-refractivity contribution in [1.29, 1.82) is 0 Å². The number of benzene rings is 2. The van der Waals surface area contributed by atoms with E-state index in [1.807, 2.05) is 25.1 Å². The zero-order valence-corrected chi connectivity index (χ0v) is 16.1. The van der Waals surface area contributed by atoms with E-state index in [1.54, 1.807) is 6.07 Å². The molecular formula is C19H18Cl2N2O4. The van der Waals surface area contributed by atoms with E-state index >= 15 is 0 Å². The Kier molecular flexibility index (Phi) is 6.08. The van der Waals surface area contributed by atoms with E-state index in [9.17, 15) is 9.59 Å². The highest BCUT2D eigenvalue weighted by Gasteiger charge is 2.16. The Morgan fingerprint density at radius 1 is 1.04 bits per heavy atom. The molecular weight excluding hydrogens is 391 g/mol. The summed E-state index contributed by atoms with van der Waals surface area (Å²) in [5, 5.41) is 6.03. The quantitative estimate of drug-likeness (QED) is 0.794. The van der Waals surface area contributed by atoms with Crippen molar-refractivity contribution < 1.29 is 19.1 Å². The number of carbonyl (C=O) groups excluding carboxylic acids is 2. The Balaban J connectivity index is 1.54. The summed E-state index contributed by atoms with van der Waals surface area (Å²) >= 11 is 11.7. The van der Waals surface area contributed by atoms with Gasteiger partial charge in [-0.25, -0.2) is 0 Å². The van der Waals surface area contributed by atoms with Crippen LogP contribution in [0.15, 0.2) is 36.4 Å². The SMILES string of the molecule is C[C@@H](NC(=O)CNC(=O)c1ccc(Cl)c(Cl)c1)c1ccc2c(c1)OCCO2. The molecule has 2 N–H and O–H groups in total. The second-order valence-corrected chi connectivity index (χ2v) is 6.82. The first kappa shape index (κ1) is 19.3. The van der Waals surface area contributed by atoms with Crippen LogP contribution in [0, 0.1) is 0 Å². The van der Waals surface area contributed by atoms with E-state index in [1.165, 1.54) is 12.1 Å². The molecule has 1 atom stereocenters. The maximum absolute atomic E-state index is 12.1. The molecule has 27 heavy (non-hydrogen) atoms. The summed E-state index contributed by atoms with van der Waals surface area (Å²) in [5.41, 5.74) is 1.21. The van der Waals surface area contributed by atoms with Crippen molar-refractivity contribution in [1.82, 2.24) is 10.6 Å². The molecule has 8 heteroatoms. The maximum Gasteiger partial charge on any atom is 0.251 e.